The van der Waals surface area contributed by atoms with Crippen LogP contribution in [0.25, 0.3) is 0 Å². The zero-order chi connectivity index (χ0) is 10.7. The van der Waals surface area contributed by atoms with E-state index in [1.807, 2.05) is 13.0 Å². The molecule has 1 atom stereocenters. The van der Waals surface area contributed by atoms with Crippen molar-refractivity contribution in [1.82, 2.24) is 0 Å². The standard InChI is InChI=1S/C12H20N2/c1-9(2)14(4)12-8-6-5-7-11(12)10(3)13/h5-10H,13H2,1-4H3. The number of benzene rings is 1. The Kier molecular flexibility index (Phi) is 3.53. The van der Waals surface area contributed by atoms with E-state index in [1.165, 1.54) is 11.3 Å². The third-order valence-corrected chi connectivity index (χ3v) is 2.58. The number of rotatable bonds is 3. The topological polar surface area (TPSA) is 29.3 Å². The van der Waals surface area contributed by atoms with Crippen LogP contribution in [0.2, 0.25) is 0 Å². The Labute approximate surface area is 86.7 Å². The van der Waals surface area contributed by atoms with Gasteiger partial charge in [0.25, 0.3) is 0 Å². The molecule has 1 aromatic rings. The Morgan fingerprint density at radius 2 is 1.71 bits per heavy atom. The van der Waals surface area contributed by atoms with Crippen LogP contribution >= 0.6 is 0 Å². The first-order chi connectivity index (χ1) is 6.54. The van der Waals surface area contributed by atoms with Gasteiger partial charge in [-0.05, 0) is 32.4 Å². The monoisotopic (exact) mass is 192 g/mol. The van der Waals surface area contributed by atoms with Gasteiger partial charge in [-0.1, -0.05) is 18.2 Å². The summed E-state index contributed by atoms with van der Waals surface area (Å²) in [6, 6.07) is 8.90. The van der Waals surface area contributed by atoms with Crippen LogP contribution in [0.5, 0.6) is 0 Å². The summed E-state index contributed by atoms with van der Waals surface area (Å²) < 4.78 is 0. The van der Waals surface area contributed by atoms with Crippen LogP contribution in [0.3, 0.4) is 0 Å². The minimum atomic E-state index is 0.0902. The molecular weight excluding hydrogens is 172 g/mol. The molecule has 0 amide bonds. The maximum atomic E-state index is 5.93. The van der Waals surface area contributed by atoms with Crippen LogP contribution < -0.4 is 10.6 Å². The van der Waals surface area contributed by atoms with E-state index < -0.39 is 0 Å². The number of nitrogens with two attached hydrogens (primary N) is 1. The van der Waals surface area contributed by atoms with E-state index in [0.29, 0.717) is 6.04 Å². The van der Waals surface area contributed by atoms with Gasteiger partial charge in [-0.15, -0.1) is 0 Å². The first-order valence-corrected chi connectivity index (χ1v) is 5.11. The lowest BCUT2D eigenvalue weighted by molar-refractivity contribution is 0.735. The summed E-state index contributed by atoms with van der Waals surface area (Å²) >= 11 is 0. The van der Waals surface area contributed by atoms with Crippen molar-refractivity contribution in [2.45, 2.75) is 32.9 Å². The fourth-order valence-corrected chi connectivity index (χ4v) is 1.47. The molecule has 1 aromatic carbocycles. The largest absolute Gasteiger partial charge is 0.372 e. The lowest BCUT2D eigenvalue weighted by atomic mass is 10.1. The normalized spacial score (nSPS) is 13.0. The van der Waals surface area contributed by atoms with E-state index in [1.54, 1.807) is 0 Å². The van der Waals surface area contributed by atoms with Gasteiger partial charge in [0.15, 0.2) is 0 Å². The second kappa shape index (κ2) is 4.47. The van der Waals surface area contributed by atoms with Crippen molar-refractivity contribution in [2.75, 3.05) is 11.9 Å². The van der Waals surface area contributed by atoms with Gasteiger partial charge in [-0.2, -0.15) is 0 Å². The summed E-state index contributed by atoms with van der Waals surface area (Å²) in [7, 11) is 2.10. The minimum absolute atomic E-state index is 0.0902. The summed E-state index contributed by atoms with van der Waals surface area (Å²) in [5, 5.41) is 0. The predicted octanol–water partition coefficient (Wildman–Crippen LogP) is 2.55. The van der Waals surface area contributed by atoms with Crippen LogP contribution in [0.15, 0.2) is 24.3 Å². The summed E-state index contributed by atoms with van der Waals surface area (Å²) in [6.07, 6.45) is 0. The molecule has 14 heavy (non-hydrogen) atoms. The quantitative estimate of drug-likeness (QED) is 0.797. The Hall–Kier alpha value is -1.02. The molecule has 0 bridgehead atoms. The van der Waals surface area contributed by atoms with Gasteiger partial charge in [-0.3, -0.25) is 0 Å². The molecular formula is C12H20N2. The SMILES string of the molecule is CC(N)c1ccccc1N(C)C(C)C. The molecule has 0 aromatic heterocycles. The fraction of sp³-hybridized carbons (Fsp3) is 0.500. The van der Waals surface area contributed by atoms with E-state index in [2.05, 4.69) is 44.0 Å². The second-order valence-corrected chi connectivity index (χ2v) is 4.05. The molecule has 0 heterocycles. The van der Waals surface area contributed by atoms with Gasteiger partial charge in [0.1, 0.15) is 0 Å². The predicted molar refractivity (Wildman–Crippen MR) is 62.6 cm³/mol. The van der Waals surface area contributed by atoms with Gasteiger partial charge in [-0.25, -0.2) is 0 Å². The Bertz CT molecular complexity index is 292. The minimum Gasteiger partial charge on any atom is -0.372 e. The molecule has 1 rings (SSSR count). The van der Waals surface area contributed by atoms with Gasteiger partial charge in [0, 0.05) is 24.8 Å². The average molecular weight is 192 g/mol. The Morgan fingerprint density at radius 1 is 1.14 bits per heavy atom. The van der Waals surface area contributed by atoms with Crippen LogP contribution in [-0.4, -0.2) is 13.1 Å². The number of anilines is 1. The van der Waals surface area contributed by atoms with E-state index in [0.717, 1.165) is 0 Å². The molecule has 2 heteroatoms. The molecule has 0 fully saturated rings. The lowest BCUT2D eigenvalue weighted by Gasteiger charge is -2.27. The van der Waals surface area contributed by atoms with Crippen molar-refractivity contribution in [2.24, 2.45) is 5.73 Å². The molecule has 0 radical (unpaired) electrons. The molecule has 1 unspecified atom stereocenters. The molecule has 0 aliphatic carbocycles. The fourth-order valence-electron chi connectivity index (χ4n) is 1.47. The van der Waals surface area contributed by atoms with Crippen molar-refractivity contribution in [3.63, 3.8) is 0 Å². The van der Waals surface area contributed by atoms with Crippen molar-refractivity contribution in [1.29, 1.82) is 0 Å². The smallest absolute Gasteiger partial charge is 0.0414 e. The molecule has 2 nitrogen and oxygen atoms in total. The third kappa shape index (κ3) is 2.26. The van der Waals surface area contributed by atoms with Crippen LogP contribution in [-0.2, 0) is 0 Å². The number of para-hydroxylation sites is 1. The van der Waals surface area contributed by atoms with Crippen molar-refractivity contribution < 1.29 is 0 Å². The summed E-state index contributed by atoms with van der Waals surface area (Å²) in [5.41, 5.74) is 8.37. The van der Waals surface area contributed by atoms with Crippen molar-refractivity contribution in [3.8, 4) is 0 Å². The third-order valence-electron chi connectivity index (χ3n) is 2.58. The maximum absolute atomic E-state index is 5.93. The number of hydrogen-bond acceptors (Lipinski definition) is 2. The van der Waals surface area contributed by atoms with Crippen LogP contribution in [0, 0.1) is 0 Å². The van der Waals surface area contributed by atoms with Crippen LogP contribution in [0.1, 0.15) is 32.4 Å². The zero-order valence-electron chi connectivity index (χ0n) is 9.49. The summed E-state index contributed by atoms with van der Waals surface area (Å²) in [4.78, 5) is 2.25. The number of nitrogens with zero attached hydrogens (tertiary/aromatic N) is 1. The average Bonchev–Trinajstić information content (AvgIpc) is 2.16. The molecule has 2 N–H and O–H groups in total. The molecule has 0 saturated heterocycles. The highest BCUT2D eigenvalue weighted by atomic mass is 15.1. The molecule has 0 spiro atoms. The molecule has 0 aliphatic rings. The summed E-state index contributed by atoms with van der Waals surface area (Å²) in [6.45, 7) is 6.38. The van der Waals surface area contributed by atoms with Crippen LogP contribution in [0.4, 0.5) is 5.69 Å². The Balaban J connectivity index is 3.06. The highest BCUT2D eigenvalue weighted by molar-refractivity contribution is 5.54. The zero-order valence-corrected chi connectivity index (χ0v) is 9.49. The highest BCUT2D eigenvalue weighted by Gasteiger charge is 2.11. The van der Waals surface area contributed by atoms with E-state index in [-0.39, 0.29) is 6.04 Å². The molecule has 0 saturated carbocycles. The first kappa shape index (κ1) is 11.1. The van der Waals surface area contributed by atoms with Gasteiger partial charge in [0.2, 0.25) is 0 Å². The summed E-state index contributed by atoms with van der Waals surface area (Å²) in [5.74, 6) is 0. The lowest BCUT2D eigenvalue weighted by Crippen LogP contribution is -2.27. The van der Waals surface area contributed by atoms with Gasteiger partial charge in [0.05, 0.1) is 0 Å². The van der Waals surface area contributed by atoms with E-state index in [4.69, 9.17) is 5.73 Å². The number of hydrogen-bond donors (Lipinski definition) is 1. The molecule has 78 valence electrons. The van der Waals surface area contributed by atoms with Gasteiger partial charge < -0.3 is 10.6 Å². The van der Waals surface area contributed by atoms with E-state index >= 15 is 0 Å². The maximum Gasteiger partial charge on any atom is 0.0414 e. The van der Waals surface area contributed by atoms with Crippen molar-refractivity contribution in [3.05, 3.63) is 29.8 Å². The first-order valence-electron chi connectivity index (χ1n) is 5.11. The highest BCUT2D eigenvalue weighted by Crippen LogP contribution is 2.25. The second-order valence-electron chi connectivity index (χ2n) is 4.05. The van der Waals surface area contributed by atoms with Gasteiger partial charge >= 0.3 is 0 Å². The Morgan fingerprint density at radius 3 is 2.21 bits per heavy atom. The van der Waals surface area contributed by atoms with Crippen molar-refractivity contribution >= 4 is 5.69 Å². The molecule has 0 aliphatic heterocycles. The van der Waals surface area contributed by atoms with E-state index in [9.17, 15) is 0 Å².